The van der Waals surface area contributed by atoms with Gasteiger partial charge in [-0.05, 0) is 37.1 Å². The Hall–Kier alpha value is -3.32. The summed E-state index contributed by atoms with van der Waals surface area (Å²) in [5, 5.41) is 1.32. The molecule has 0 atom stereocenters. The topological polar surface area (TPSA) is 85.2 Å². The van der Waals surface area contributed by atoms with Gasteiger partial charge < -0.3 is 14.1 Å². The van der Waals surface area contributed by atoms with Crippen molar-refractivity contribution in [1.82, 2.24) is 9.97 Å². The Morgan fingerprint density at radius 3 is 2.63 bits per heavy atom. The molecule has 0 saturated heterocycles. The van der Waals surface area contributed by atoms with Crippen LogP contribution in [0.3, 0.4) is 0 Å². The lowest BCUT2D eigenvalue weighted by Crippen LogP contribution is -2.11. The minimum Gasteiger partial charge on any atom is -0.489 e. The van der Waals surface area contributed by atoms with Crippen LogP contribution >= 0.6 is 11.8 Å². The van der Waals surface area contributed by atoms with Gasteiger partial charge in [0.15, 0.2) is 5.16 Å². The number of nitrogens with one attached hydrogen (secondary N) is 1. The van der Waals surface area contributed by atoms with Crippen molar-refractivity contribution < 1.29 is 9.15 Å². The summed E-state index contributed by atoms with van der Waals surface area (Å²) in [6, 6.07) is 15.1. The van der Waals surface area contributed by atoms with Gasteiger partial charge in [-0.1, -0.05) is 41.6 Å². The van der Waals surface area contributed by atoms with Gasteiger partial charge in [0.1, 0.15) is 17.9 Å². The summed E-state index contributed by atoms with van der Waals surface area (Å²) >= 11 is 1.35. The molecule has 0 amide bonds. The van der Waals surface area contributed by atoms with Crippen molar-refractivity contribution in [1.29, 1.82) is 0 Å². The van der Waals surface area contributed by atoms with Gasteiger partial charge in [-0.3, -0.25) is 4.79 Å². The normalized spacial score (nSPS) is 11.0. The highest BCUT2D eigenvalue weighted by atomic mass is 32.2. The predicted molar refractivity (Wildman–Crippen MR) is 117 cm³/mol. The lowest BCUT2D eigenvalue weighted by atomic mass is 10.1. The zero-order valence-corrected chi connectivity index (χ0v) is 17.4. The van der Waals surface area contributed by atoms with E-state index in [9.17, 15) is 9.59 Å². The third kappa shape index (κ3) is 4.63. The van der Waals surface area contributed by atoms with Crippen LogP contribution in [0.25, 0.3) is 11.0 Å². The van der Waals surface area contributed by atoms with Crippen LogP contribution in [0.15, 0.2) is 73.9 Å². The lowest BCUT2D eigenvalue weighted by Gasteiger charge is -2.09. The molecule has 4 rings (SSSR count). The number of aromatic nitrogens is 2. The van der Waals surface area contributed by atoms with Gasteiger partial charge in [-0.25, -0.2) is 9.78 Å². The summed E-state index contributed by atoms with van der Waals surface area (Å²) in [5.41, 5.74) is 3.49. The van der Waals surface area contributed by atoms with Crippen LogP contribution in [0.2, 0.25) is 0 Å². The van der Waals surface area contributed by atoms with Gasteiger partial charge in [-0.2, -0.15) is 0 Å². The molecule has 0 aliphatic carbocycles. The standard InChI is InChI=1S/C23H20N2O4S/c1-14-3-5-16(6-4-14)12-28-18-7-8-19-17(9-21(26)29-20(19)10-18)13-30-23-24-11-15(2)22(27)25-23/h3-11H,12-13H2,1-2H3,(H,24,25,27). The van der Waals surface area contributed by atoms with E-state index in [0.717, 1.165) is 16.5 Å². The van der Waals surface area contributed by atoms with Crippen LogP contribution in [-0.2, 0) is 12.4 Å². The average molecular weight is 420 g/mol. The number of aryl methyl sites for hydroxylation is 2. The molecule has 6 nitrogen and oxygen atoms in total. The molecule has 30 heavy (non-hydrogen) atoms. The van der Waals surface area contributed by atoms with Gasteiger partial charge >= 0.3 is 5.63 Å². The number of hydrogen-bond acceptors (Lipinski definition) is 6. The predicted octanol–water partition coefficient (Wildman–Crippen LogP) is 4.36. The van der Waals surface area contributed by atoms with E-state index in [0.29, 0.717) is 34.4 Å². The van der Waals surface area contributed by atoms with Crippen LogP contribution in [0, 0.1) is 13.8 Å². The first-order valence-corrected chi connectivity index (χ1v) is 10.4. The molecule has 0 aliphatic heterocycles. The fourth-order valence-corrected chi connectivity index (χ4v) is 3.76. The molecule has 0 radical (unpaired) electrons. The fourth-order valence-electron chi connectivity index (χ4n) is 2.93. The van der Waals surface area contributed by atoms with Gasteiger partial charge in [0, 0.05) is 35.0 Å². The minimum absolute atomic E-state index is 0.166. The Bertz CT molecular complexity index is 1310. The van der Waals surface area contributed by atoms with Crippen LogP contribution in [0.5, 0.6) is 5.75 Å². The Morgan fingerprint density at radius 1 is 1.07 bits per heavy atom. The molecule has 0 spiro atoms. The van der Waals surface area contributed by atoms with Crippen molar-refractivity contribution >= 4 is 22.7 Å². The maximum atomic E-state index is 12.0. The van der Waals surface area contributed by atoms with Crippen LogP contribution < -0.4 is 15.9 Å². The molecule has 2 heterocycles. The van der Waals surface area contributed by atoms with E-state index in [1.807, 2.05) is 43.3 Å². The summed E-state index contributed by atoms with van der Waals surface area (Å²) in [7, 11) is 0. The van der Waals surface area contributed by atoms with Crippen molar-refractivity contribution in [2.24, 2.45) is 0 Å². The second-order valence-corrected chi connectivity index (χ2v) is 7.98. The lowest BCUT2D eigenvalue weighted by molar-refractivity contribution is 0.306. The number of ether oxygens (including phenoxy) is 1. The highest BCUT2D eigenvalue weighted by molar-refractivity contribution is 7.98. The zero-order valence-electron chi connectivity index (χ0n) is 16.6. The number of aromatic amines is 1. The van der Waals surface area contributed by atoms with Gasteiger partial charge in [-0.15, -0.1) is 0 Å². The molecule has 152 valence electrons. The number of benzene rings is 2. The third-order valence-corrected chi connectivity index (χ3v) is 5.58. The molecular formula is C23H20N2O4S. The Labute approximate surface area is 176 Å². The van der Waals surface area contributed by atoms with Crippen molar-refractivity contribution in [3.8, 4) is 5.75 Å². The van der Waals surface area contributed by atoms with Crippen molar-refractivity contribution in [3.63, 3.8) is 0 Å². The van der Waals surface area contributed by atoms with E-state index < -0.39 is 5.63 Å². The maximum Gasteiger partial charge on any atom is 0.336 e. The number of hydrogen-bond donors (Lipinski definition) is 1. The highest BCUT2D eigenvalue weighted by Crippen LogP contribution is 2.27. The van der Waals surface area contributed by atoms with Crippen LogP contribution in [-0.4, -0.2) is 9.97 Å². The SMILES string of the molecule is Cc1ccc(COc2ccc3c(CSc4ncc(C)c(=O)[nH]4)cc(=O)oc3c2)cc1. The Balaban J connectivity index is 1.54. The molecular weight excluding hydrogens is 400 g/mol. The summed E-state index contributed by atoms with van der Waals surface area (Å²) in [4.78, 5) is 30.7. The molecule has 0 unspecified atom stereocenters. The van der Waals surface area contributed by atoms with Crippen LogP contribution in [0.4, 0.5) is 0 Å². The molecule has 0 aliphatic rings. The van der Waals surface area contributed by atoms with E-state index in [-0.39, 0.29) is 5.56 Å². The summed E-state index contributed by atoms with van der Waals surface area (Å²) in [6.07, 6.45) is 1.54. The van der Waals surface area contributed by atoms with E-state index in [2.05, 4.69) is 9.97 Å². The number of nitrogens with zero attached hydrogens (tertiary/aromatic N) is 1. The average Bonchev–Trinajstić information content (AvgIpc) is 2.73. The van der Waals surface area contributed by atoms with E-state index >= 15 is 0 Å². The minimum atomic E-state index is -0.431. The number of rotatable bonds is 6. The fraction of sp³-hybridized carbons (Fsp3) is 0.174. The molecule has 2 aromatic heterocycles. The first kappa shape index (κ1) is 20.0. The smallest absolute Gasteiger partial charge is 0.336 e. The first-order valence-electron chi connectivity index (χ1n) is 9.42. The first-order chi connectivity index (χ1) is 14.5. The Morgan fingerprint density at radius 2 is 1.87 bits per heavy atom. The highest BCUT2D eigenvalue weighted by Gasteiger charge is 2.09. The molecule has 1 N–H and O–H groups in total. The van der Waals surface area contributed by atoms with Crippen LogP contribution in [0.1, 0.15) is 22.3 Å². The van der Waals surface area contributed by atoms with Gasteiger partial charge in [0.2, 0.25) is 0 Å². The maximum absolute atomic E-state index is 12.0. The van der Waals surface area contributed by atoms with Crippen molar-refractivity contribution in [2.45, 2.75) is 31.4 Å². The van der Waals surface area contributed by atoms with Gasteiger partial charge in [0.25, 0.3) is 5.56 Å². The van der Waals surface area contributed by atoms with E-state index in [1.54, 1.807) is 13.0 Å². The third-order valence-electron chi connectivity index (χ3n) is 4.65. The van der Waals surface area contributed by atoms with Gasteiger partial charge in [0.05, 0.1) is 0 Å². The molecule has 0 bridgehead atoms. The zero-order chi connectivity index (χ0) is 21.1. The monoisotopic (exact) mass is 420 g/mol. The molecule has 2 aromatic carbocycles. The van der Waals surface area contributed by atoms with E-state index in [4.69, 9.17) is 9.15 Å². The van der Waals surface area contributed by atoms with E-state index in [1.165, 1.54) is 29.6 Å². The summed E-state index contributed by atoms with van der Waals surface area (Å²) < 4.78 is 11.2. The quantitative estimate of drug-likeness (QED) is 0.283. The number of H-pyrrole nitrogens is 1. The largest absolute Gasteiger partial charge is 0.489 e. The molecule has 0 saturated carbocycles. The molecule has 7 heteroatoms. The summed E-state index contributed by atoms with van der Waals surface area (Å²) in [5.74, 6) is 1.10. The second kappa shape index (κ2) is 8.59. The molecule has 4 aromatic rings. The second-order valence-electron chi connectivity index (χ2n) is 7.01. The van der Waals surface area contributed by atoms with Crippen molar-refractivity contribution in [3.05, 3.63) is 97.8 Å². The Kier molecular flexibility index (Phi) is 5.72. The number of thioether (sulfide) groups is 1. The molecule has 0 fully saturated rings. The number of fused-ring (bicyclic) bond motifs is 1. The van der Waals surface area contributed by atoms with Crippen molar-refractivity contribution in [2.75, 3.05) is 0 Å². The summed E-state index contributed by atoms with van der Waals surface area (Å²) in [6.45, 7) is 4.17.